The summed E-state index contributed by atoms with van der Waals surface area (Å²) in [6, 6.07) is 10.2. The number of fused-ring (bicyclic) bond motifs is 1. The monoisotopic (exact) mass is 257 g/mol. The van der Waals surface area contributed by atoms with Crippen molar-refractivity contribution >= 4 is 16.8 Å². The van der Waals surface area contributed by atoms with E-state index < -0.39 is 0 Å². The second-order valence-corrected chi connectivity index (χ2v) is 4.55. The zero-order valence-electron chi connectivity index (χ0n) is 11.9. The lowest BCUT2D eigenvalue weighted by atomic mass is 10.1. The summed E-state index contributed by atoms with van der Waals surface area (Å²) < 4.78 is 2.13. The Bertz CT molecular complexity index is 588. The Morgan fingerprint density at radius 3 is 2.47 bits per heavy atom. The molecule has 3 heteroatoms. The van der Waals surface area contributed by atoms with Gasteiger partial charge in [0.05, 0.1) is 0 Å². The van der Waals surface area contributed by atoms with E-state index in [2.05, 4.69) is 23.6 Å². The van der Waals surface area contributed by atoms with Gasteiger partial charge in [0.1, 0.15) is 12.1 Å². The number of carbonyl (C=O) groups is 1. The van der Waals surface area contributed by atoms with Crippen LogP contribution in [0.25, 0.3) is 10.9 Å². The Morgan fingerprint density at radius 1 is 1.16 bits per heavy atom. The molecule has 0 saturated heterocycles. The molecule has 0 aliphatic rings. The average Bonchev–Trinajstić information content (AvgIpc) is 2.47. The van der Waals surface area contributed by atoms with Gasteiger partial charge in [-0.25, -0.2) is 0 Å². The molecule has 0 aliphatic carbocycles. The Hall–Kier alpha value is -1.90. The number of benzene rings is 1. The quantitative estimate of drug-likeness (QED) is 0.773. The first-order chi connectivity index (χ1) is 9.21. The number of para-hydroxylation sites is 1. The Kier molecular flexibility index (Phi) is 4.15. The van der Waals surface area contributed by atoms with Gasteiger partial charge in [-0.2, -0.15) is 4.57 Å². The second-order valence-electron chi connectivity index (χ2n) is 4.55. The minimum Gasteiger partial charge on any atom is -0.339 e. The molecule has 0 N–H and O–H groups in total. The fraction of sp³-hybridized carbons (Fsp3) is 0.375. The third kappa shape index (κ3) is 2.60. The molecule has 3 nitrogen and oxygen atoms in total. The van der Waals surface area contributed by atoms with Crippen molar-refractivity contribution in [3.8, 4) is 0 Å². The van der Waals surface area contributed by atoms with Crippen LogP contribution < -0.4 is 4.57 Å². The summed E-state index contributed by atoms with van der Waals surface area (Å²) in [7, 11) is 0. The average molecular weight is 257 g/mol. The van der Waals surface area contributed by atoms with Crippen molar-refractivity contribution < 1.29 is 9.36 Å². The maximum atomic E-state index is 12.4. The van der Waals surface area contributed by atoms with E-state index in [4.69, 9.17) is 0 Å². The molecule has 0 aliphatic heterocycles. The third-order valence-electron chi connectivity index (χ3n) is 3.49. The van der Waals surface area contributed by atoms with Gasteiger partial charge in [0.25, 0.3) is 5.91 Å². The van der Waals surface area contributed by atoms with Crippen molar-refractivity contribution in [1.82, 2.24) is 4.90 Å². The van der Waals surface area contributed by atoms with Gasteiger partial charge < -0.3 is 4.90 Å². The number of hydrogen-bond donors (Lipinski definition) is 0. The molecule has 0 spiro atoms. The molecule has 1 amide bonds. The molecular weight excluding hydrogens is 236 g/mol. The highest BCUT2D eigenvalue weighted by molar-refractivity contribution is 5.96. The second kappa shape index (κ2) is 5.83. The zero-order valence-corrected chi connectivity index (χ0v) is 11.9. The summed E-state index contributed by atoms with van der Waals surface area (Å²) in [5, 5.41) is 1.11. The number of hydrogen-bond acceptors (Lipinski definition) is 1. The lowest BCUT2D eigenvalue weighted by Crippen LogP contribution is -2.37. The number of pyridine rings is 1. The molecule has 0 unspecified atom stereocenters. The topological polar surface area (TPSA) is 24.2 Å². The maximum Gasteiger partial charge on any atom is 0.259 e. The zero-order chi connectivity index (χ0) is 13.8. The maximum absolute atomic E-state index is 12.4. The minimum atomic E-state index is 0.109. The molecule has 100 valence electrons. The third-order valence-corrected chi connectivity index (χ3v) is 3.49. The molecule has 1 aromatic heterocycles. The summed E-state index contributed by atoms with van der Waals surface area (Å²) in [6.07, 6.45) is 1.96. The fourth-order valence-electron chi connectivity index (χ4n) is 2.39. The molecule has 0 saturated carbocycles. The van der Waals surface area contributed by atoms with Gasteiger partial charge in [-0.05, 0) is 32.9 Å². The molecule has 2 aromatic rings. The summed E-state index contributed by atoms with van der Waals surface area (Å²) in [5.74, 6) is 0.109. The van der Waals surface area contributed by atoms with Gasteiger partial charge in [0, 0.05) is 24.5 Å². The highest BCUT2D eigenvalue weighted by Crippen LogP contribution is 2.13. The van der Waals surface area contributed by atoms with Gasteiger partial charge in [0.2, 0.25) is 5.52 Å². The normalized spacial score (nSPS) is 10.7. The predicted octanol–water partition coefficient (Wildman–Crippen LogP) is 2.63. The number of carbonyl (C=O) groups excluding carboxylic acids is 1. The van der Waals surface area contributed by atoms with E-state index in [1.165, 1.54) is 5.52 Å². The molecule has 0 radical (unpaired) electrons. The smallest absolute Gasteiger partial charge is 0.259 e. The van der Waals surface area contributed by atoms with E-state index in [1.54, 1.807) is 0 Å². The van der Waals surface area contributed by atoms with E-state index >= 15 is 0 Å². The lowest BCUT2D eigenvalue weighted by molar-refractivity contribution is -0.667. The van der Waals surface area contributed by atoms with Crippen molar-refractivity contribution in [2.45, 2.75) is 27.3 Å². The van der Waals surface area contributed by atoms with Crippen LogP contribution in [0, 0.1) is 0 Å². The van der Waals surface area contributed by atoms with E-state index in [-0.39, 0.29) is 5.91 Å². The van der Waals surface area contributed by atoms with E-state index in [0.29, 0.717) is 0 Å². The van der Waals surface area contributed by atoms with Crippen LogP contribution in [0.5, 0.6) is 0 Å². The number of amides is 1. The Morgan fingerprint density at radius 2 is 1.84 bits per heavy atom. The van der Waals surface area contributed by atoms with Crippen LogP contribution in [0.3, 0.4) is 0 Å². The van der Waals surface area contributed by atoms with Gasteiger partial charge in [-0.3, -0.25) is 4.79 Å². The van der Waals surface area contributed by atoms with Crippen LogP contribution in [0.4, 0.5) is 0 Å². The first kappa shape index (κ1) is 13.5. The standard InChI is InChI=1S/C16H21N2O/c1-4-17(5-2)16(19)14-11-13-9-7-8-10-15(13)18(6-3)12-14/h7-12H,4-6H2,1-3H3/q+1. The van der Waals surface area contributed by atoms with E-state index in [9.17, 15) is 4.79 Å². The van der Waals surface area contributed by atoms with Crippen molar-refractivity contribution in [2.24, 2.45) is 0 Å². The van der Waals surface area contributed by atoms with Crippen LogP contribution in [0.2, 0.25) is 0 Å². The summed E-state index contributed by atoms with van der Waals surface area (Å²) in [5.41, 5.74) is 1.94. The van der Waals surface area contributed by atoms with Crippen LogP contribution in [0.1, 0.15) is 31.1 Å². The number of aromatic nitrogens is 1. The molecular formula is C16H21N2O+. The van der Waals surface area contributed by atoms with Gasteiger partial charge in [0.15, 0.2) is 6.20 Å². The molecule has 1 aromatic carbocycles. The molecule has 1 heterocycles. The largest absolute Gasteiger partial charge is 0.339 e. The summed E-state index contributed by atoms with van der Waals surface area (Å²) in [4.78, 5) is 14.3. The van der Waals surface area contributed by atoms with Crippen molar-refractivity contribution in [3.63, 3.8) is 0 Å². The number of rotatable bonds is 4. The van der Waals surface area contributed by atoms with Crippen LogP contribution in [-0.4, -0.2) is 23.9 Å². The first-order valence-corrected chi connectivity index (χ1v) is 6.92. The summed E-state index contributed by atoms with van der Waals surface area (Å²) in [6.45, 7) is 8.47. The van der Waals surface area contributed by atoms with Gasteiger partial charge >= 0.3 is 0 Å². The Balaban J connectivity index is 2.53. The van der Waals surface area contributed by atoms with Crippen LogP contribution in [-0.2, 0) is 6.54 Å². The predicted molar refractivity (Wildman–Crippen MR) is 77.1 cm³/mol. The lowest BCUT2D eigenvalue weighted by Gasteiger charge is -2.18. The van der Waals surface area contributed by atoms with E-state index in [0.717, 1.165) is 30.6 Å². The summed E-state index contributed by atoms with van der Waals surface area (Å²) >= 11 is 0. The molecule has 19 heavy (non-hydrogen) atoms. The number of nitrogens with zero attached hydrogens (tertiary/aromatic N) is 2. The van der Waals surface area contributed by atoms with Crippen LogP contribution >= 0.6 is 0 Å². The van der Waals surface area contributed by atoms with Crippen molar-refractivity contribution in [1.29, 1.82) is 0 Å². The van der Waals surface area contributed by atoms with Crippen LogP contribution in [0.15, 0.2) is 36.5 Å². The fourth-order valence-corrected chi connectivity index (χ4v) is 2.39. The number of aryl methyl sites for hydroxylation is 1. The Labute approximate surface area is 114 Å². The molecule has 0 bridgehead atoms. The highest BCUT2D eigenvalue weighted by atomic mass is 16.2. The van der Waals surface area contributed by atoms with Crippen molar-refractivity contribution in [2.75, 3.05) is 13.1 Å². The first-order valence-electron chi connectivity index (χ1n) is 6.92. The minimum absolute atomic E-state index is 0.109. The SMILES string of the molecule is CCN(CC)C(=O)c1cc2ccccc2[n+](CC)c1. The van der Waals surface area contributed by atoms with Crippen molar-refractivity contribution in [3.05, 3.63) is 42.1 Å². The van der Waals surface area contributed by atoms with Gasteiger partial charge in [-0.1, -0.05) is 12.1 Å². The van der Waals surface area contributed by atoms with E-state index in [1.807, 2.05) is 43.1 Å². The van der Waals surface area contributed by atoms with Gasteiger partial charge in [-0.15, -0.1) is 0 Å². The molecule has 0 fully saturated rings. The molecule has 2 rings (SSSR count). The highest BCUT2D eigenvalue weighted by Gasteiger charge is 2.18. The molecule has 0 atom stereocenters.